The summed E-state index contributed by atoms with van der Waals surface area (Å²) in [6, 6.07) is 0. The van der Waals surface area contributed by atoms with Gasteiger partial charge in [-0.2, -0.15) is 11.3 Å². The van der Waals surface area contributed by atoms with Gasteiger partial charge in [0.1, 0.15) is 0 Å². The number of hydrogen-bond donors (Lipinski definition) is 1. The molecule has 3 heteroatoms. The maximum atomic E-state index is 10.3. The normalized spacial score (nSPS) is 8.45. The SMILES string of the molecule is Cc1cscc1C#CC(N)=O. The third kappa shape index (κ3) is 2.10. The van der Waals surface area contributed by atoms with Gasteiger partial charge in [-0.3, -0.25) is 4.79 Å². The molecule has 0 unspecified atom stereocenters. The van der Waals surface area contributed by atoms with Crippen molar-refractivity contribution in [2.75, 3.05) is 0 Å². The average Bonchev–Trinajstić information content (AvgIpc) is 2.31. The summed E-state index contributed by atoms with van der Waals surface area (Å²) in [6.45, 7) is 1.95. The molecule has 0 saturated carbocycles. The van der Waals surface area contributed by atoms with Gasteiger partial charge in [0.05, 0.1) is 0 Å². The number of amides is 1. The molecule has 0 atom stereocenters. The Balaban J connectivity index is 2.90. The third-order valence-corrected chi connectivity index (χ3v) is 2.04. The van der Waals surface area contributed by atoms with E-state index in [0.29, 0.717) is 0 Å². The van der Waals surface area contributed by atoms with Crippen molar-refractivity contribution in [3.8, 4) is 11.8 Å². The Labute approximate surface area is 69.0 Å². The highest BCUT2D eigenvalue weighted by Gasteiger charge is 1.93. The highest BCUT2D eigenvalue weighted by Crippen LogP contribution is 2.11. The quantitative estimate of drug-likeness (QED) is 0.570. The van der Waals surface area contributed by atoms with Crippen LogP contribution in [-0.4, -0.2) is 5.91 Å². The van der Waals surface area contributed by atoms with Crippen LogP contribution in [0.5, 0.6) is 0 Å². The van der Waals surface area contributed by atoms with Crippen molar-refractivity contribution in [1.82, 2.24) is 0 Å². The average molecular weight is 165 g/mol. The predicted molar refractivity (Wildman–Crippen MR) is 45.1 cm³/mol. The fourth-order valence-corrected chi connectivity index (χ4v) is 1.40. The fourth-order valence-electron chi connectivity index (χ4n) is 0.618. The molecule has 0 aliphatic heterocycles. The molecule has 0 bridgehead atoms. The summed E-state index contributed by atoms with van der Waals surface area (Å²) in [5, 5.41) is 3.87. The van der Waals surface area contributed by atoms with Crippen molar-refractivity contribution in [3.05, 3.63) is 21.9 Å². The van der Waals surface area contributed by atoms with E-state index >= 15 is 0 Å². The van der Waals surface area contributed by atoms with Crippen molar-refractivity contribution in [1.29, 1.82) is 0 Å². The van der Waals surface area contributed by atoms with Crippen LogP contribution in [-0.2, 0) is 4.79 Å². The molecule has 0 fully saturated rings. The second kappa shape index (κ2) is 3.22. The Hall–Kier alpha value is -1.27. The number of rotatable bonds is 0. The van der Waals surface area contributed by atoms with Gasteiger partial charge in [-0.1, -0.05) is 5.92 Å². The largest absolute Gasteiger partial charge is 0.359 e. The highest BCUT2D eigenvalue weighted by molar-refractivity contribution is 7.08. The highest BCUT2D eigenvalue weighted by atomic mass is 32.1. The van der Waals surface area contributed by atoms with Crippen molar-refractivity contribution in [2.24, 2.45) is 5.73 Å². The van der Waals surface area contributed by atoms with E-state index in [1.54, 1.807) is 11.3 Å². The van der Waals surface area contributed by atoms with Crippen LogP contribution >= 0.6 is 11.3 Å². The van der Waals surface area contributed by atoms with Gasteiger partial charge >= 0.3 is 0 Å². The number of aryl methyl sites for hydroxylation is 1. The van der Waals surface area contributed by atoms with E-state index in [-0.39, 0.29) is 0 Å². The molecule has 0 aliphatic rings. The lowest BCUT2D eigenvalue weighted by Crippen LogP contribution is -2.06. The molecule has 2 N–H and O–H groups in total. The van der Waals surface area contributed by atoms with Crippen LogP contribution in [0.25, 0.3) is 0 Å². The fraction of sp³-hybridized carbons (Fsp3) is 0.125. The maximum Gasteiger partial charge on any atom is 0.293 e. The number of carbonyl (C=O) groups excluding carboxylic acids is 1. The van der Waals surface area contributed by atoms with Crippen LogP contribution in [0, 0.1) is 18.8 Å². The molecule has 1 aromatic rings. The summed E-state index contributed by atoms with van der Waals surface area (Å²) < 4.78 is 0. The number of thiophene rings is 1. The monoisotopic (exact) mass is 165 g/mol. The van der Waals surface area contributed by atoms with Gasteiger partial charge in [-0.25, -0.2) is 0 Å². The summed E-state index contributed by atoms with van der Waals surface area (Å²) in [7, 11) is 0. The molecule has 1 aromatic heterocycles. The molecule has 1 heterocycles. The lowest BCUT2D eigenvalue weighted by Gasteiger charge is -1.82. The topological polar surface area (TPSA) is 43.1 Å². The smallest absolute Gasteiger partial charge is 0.293 e. The van der Waals surface area contributed by atoms with Crippen molar-refractivity contribution in [2.45, 2.75) is 6.92 Å². The minimum absolute atomic E-state index is 0.587. The first-order chi connectivity index (χ1) is 5.20. The molecular formula is C8H7NOS. The molecule has 0 saturated heterocycles. The minimum atomic E-state index is -0.587. The van der Waals surface area contributed by atoms with Gasteiger partial charge in [0.15, 0.2) is 0 Å². The minimum Gasteiger partial charge on any atom is -0.359 e. The zero-order valence-corrected chi connectivity index (χ0v) is 6.87. The molecule has 1 rings (SSSR count). The first kappa shape index (κ1) is 7.83. The number of hydrogen-bond acceptors (Lipinski definition) is 2. The van der Waals surface area contributed by atoms with E-state index in [9.17, 15) is 4.79 Å². The van der Waals surface area contributed by atoms with E-state index in [4.69, 9.17) is 5.73 Å². The first-order valence-electron chi connectivity index (χ1n) is 3.04. The van der Waals surface area contributed by atoms with E-state index in [0.717, 1.165) is 11.1 Å². The number of primary amides is 1. The molecular weight excluding hydrogens is 158 g/mol. The molecule has 0 radical (unpaired) electrons. The second-order valence-corrected chi connectivity index (χ2v) is 2.83. The van der Waals surface area contributed by atoms with Crippen LogP contribution in [0.2, 0.25) is 0 Å². The van der Waals surface area contributed by atoms with Gasteiger partial charge in [-0.15, -0.1) is 0 Å². The van der Waals surface area contributed by atoms with Crippen LogP contribution < -0.4 is 5.73 Å². The van der Waals surface area contributed by atoms with Crippen LogP contribution in [0.4, 0.5) is 0 Å². The number of carbonyl (C=O) groups is 1. The Morgan fingerprint density at radius 1 is 1.64 bits per heavy atom. The zero-order chi connectivity index (χ0) is 8.27. The molecule has 0 aromatic carbocycles. The summed E-state index contributed by atoms with van der Waals surface area (Å²) in [5.74, 6) is 4.38. The zero-order valence-electron chi connectivity index (χ0n) is 6.05. The molecule has 1 amide bonds. The van der Waals surface area contributed by atoms with E-state index in [2.05, 4.69) is 11.8 Å². The summed E-state index contributed by atoms with van der Waals surface area (Å²) in [5.41, 5.74) is 6.82. The second-order valence-electron chi connectivity index (χ2n) is 2.08. The van der Waals surface area contributed by atoms with Crippen molar-refractivity contribution in [3.63, 3.8) is 0 Å². The standard InChI is InChI=1S/C8H7NOS/c1-6-4-11-5-7(6)2-3-8(9)10/h4-5H,1H3,(H2,9,10). The van der Waals surface area contributed by atoms with Crippen LogP contribution in [0.3, 0.4) is 0 Å². The maximum absolute atomic E-state index is 10.3. The van der Waals surface area contributed by atoms with Gasteiger partial charge in [-0.05, 0) is 17.9 Å². The molecule has 56 valence electrons. The Morgan fingerprint density at radius 2 is 2.36 bits per heavy atom. The Kier molecular flexibility index (Phi) is 2.29. The molecule has 11 heavy (non-hydrogen) atoms. The van der Waals surface area contributed by atoms with Gasteiger partial charge in [0.2, 0.25) is 0 Å². The Bertz CT molecular complexity index is 329. The first-order valence-corrected chi connectivity index (χ1v) is 3.98. The summed E-state index contributed by atoms with van der Waals surface area (Å²) >= 11 is 1.56. The third-order valence-electron chi connectivity index (χ3n) is 1.18. The molecule has 0 spiro atoms. The predicted octanol–water partition coefficient (Wildman–Crippen LogP) is 0.893. The van der Waals surface area contributed by atoms with Crippen LogP contribution in [0.15, 0.2) is 10.8 Å². The van der Waals surface area contributed by atoms with Crippen molar-refractivity contribution >= 4 is 17.2 Å². The van der Waals surface area contributed by atoms with Gasteiger partial charge < -0.3 is 5.73 Å². The summed E-state index contributed by atoms with van der Waals surface area (Å²) in [6.07, 6.45) is 0. The Morgan fingerprint density at radius 3 is 2.82 bits per heavy atom. The van der Waals surface area contributed by atoms with Crippen LogP contribution in [0.1, 0.15) is 11.1 Å². The van der Waals surface area contributed by atoms with E-state index < -0.39 is 5.91 Å². The lowest BCUT2D eigenvalue weighted by atomic mass is 10.2. The van der Waals surface area contributed by atoms with Crippen molar-refractivity contribution < 1.29 is 4.79 Å². The molecule has 2 nitrogen and oxygen atoms in total. The number of nitrogens with two attached hydrogens (primary N) is 1. The molecule has 0 aliphatic carbocycles. The van der Waals surface area contributed by atoms with Gasteiger partial charge in [0, 0.05) is 16.9 Å². The summed E-state index contributed by atoms with van der Waals surface area (Å²) in [4.78, 5) is 10.3. The lowest BCUT2D eigenvalue weighted by molar-refractivity contribution is -0.112. The van der Waals surface area contributed by atoms with Gasteiger partial charge in [0.25, 0.3) is 5.91 Å². The van der Waals surface area contributed by atoms with E-state index in [1.165, 1.54) is 0 Å². The van der Waals surface area contributed by atoms with E-state index in [1.807, 2.05) is 17.7 Å².